The fraction of sp³-hybridized carbons (Fsp3) is 0.636. The molecule has 2 aliphatic carbocycles. The van der Waals surface area contributed by atoms with Crippen LogP contribution in [0.4, 0.5) is 0 Å². The van der Waals surface area contributed by atoms with Gasteiger partial charge < -0.3 is 0 Å². The van der Waals surface area contributed by atoms with E-state index >= 15 is 0 Å². The molecule has 0 aliphatic heterocycles. The average molecular weight is 329 g/mol. The van der Waals surface area contributed by atoms with Crippen molar-refractivity contribution in [2.75, 3.05) is 0 Å². The van der Waals surface area contributed by atoms with Crippen LogP contribution in [0.3, 0.4) is 0 Å². The molecule has 2 aliphatic rings. The highest BCUT2D eigenvalue weighted by molar-refractivity contribution is 6.82. The van der Waals surface area contributed by atoms with Gasteiger partial charge in [0.15, 0.2) is 0 Å². The second-order valence-electron chi connectivity index (χ2n) is 8.57. The van der Waals surface area contributed by atoms with Crippen LogP contribution in [-0.4, -0.2) is 8.07 Å². The minimum Gasteiger partial charge on any atom is -0.0768 e. The third kappa shape index (κ3) is 3.50. The molecule has 128 valence electrons. The molecule has 0 aromatic carbocycles. The molecule has 2 rings (SSSR count). The lowest BCUT2D eigenvalue weighted by atomic mass is 10.0. The van der Waals surface area contributed by atoms with Gasteiger partial charge in [0.05, 0.1) is 8.07 Å². The molecule has 0 aromatic heterocycles. The number of hydrogen-bond donors (Lipinski definition) is 0. The summed E-state index contributed by atoms with van der Waals surface area (Å²) in [4.78, 5) is 0. The van der Waals surface area contributed by atoms with Gasteiger partial charge in [-0.05, 0) is 35.8 Å². The highest BCUT2D eigenvalue weighted by atomic mass is 28.3. The monoisotopic (exact) mass is 328 g/mol. The smallest absolute Gasteiger partial charge is 0.0706 e. The van der Waals surface area contributed by atoms with Crippen LogP contribution in [0.5, 0.6) is 0 Å². The molecule has 0 spiro atoms. The highest BCUT2D eigenvalue weighted by Gasteiger charge is 2.44. The molecule has 0 radical (unpaired) electrons. The summed E-state index contributed by atoms with van der Waals surface area (Å²) in [6, 6.07) is 0. The summed E-state index contributed by atoms with van der Waals surface area (Å²) in [5.74, 6) is 1.32. The van der Waals surface area contributed by atoms with Crippen molar-refractivity contribution in [3.63, 3.8) is 0 Å². The molecular formula is C22H36Si. The van der Waals surface area contributed by atoms with E-state index in [1.807, 2.05) is 0 Å². The van der Waals surface area contributed by atoms with Gasteiger partial charge in [-0.1, -0.05) is 101 Å². The van der Waals surface area contributed by atoms with E-state index in [4.69, 9.17) is 0 Å². The Morgan fingerprint density at radius 1 is 0.783 bits per heavy atom. The topological polar surface area (TPSA) is 0 Å². The second kappa shape index (κ2) is 6.97. The zero-order chi connectivity index (χ0) is 17.4. The summed E-state index contributed by atoms with van der Waals surface area (Å²) in [6.45, 7) is 19.3. The first-order chi connectivity index (χ1) is 10.7. The summed E-state index contributed by atoms with van der Waals surface area (Å²) in [5, 5.41) is 0. The molecule has 23 heavy (non-hydrogen) atoms. The van der Waals surface area contributed by atoms with Gasteiger partial charge in [0.25, 0.3) is 0 Å². The predicted molar refractivity (Wildman–Crippen MR) is 108 cm³/mol. The Labute approximate surface area is 145 Å². The molecule has 0 nitrogen and oxygen atoms in total. The van der Waals surface area contributed by atoms with Crippen molar-refractivity contribution >= 4 is 8.07 Å². The lowest BCUT2D eigenvalue weighted by Crippen LogP contribution is -2.39. The van der Waals surface area contributed by atoms with Crippen molar-refractivity contribution in [2.45, 2.75) is 78.6 Å². The SMILES string of the molecule is CCC1=CC([Si](C)(C)C2C=C(CC)C=C2C(C)C)C(C(C)C)=C1. The van der Waals surface area contributed by atoms with Crippen LogP contribution in [0, 0.1) is 11.8 Å². The van der Waals surface area contributed by atoms with E-state index < -0.39 is 8.07 Å². The Kier molecular flexibility index (Phi) is 5.61. The molecule has 2 atom stereocenters. The molecule has 0 saturated carbocycles. The fourth-order valence-corrected chi connectivity index (χ4v) is 8.52. The highest BCUT2D eigenvalue weighted by Crippen LogP contribution is 2.52. The maximum atomic E-state index is 2.62. The quantitative estimate of drug-likeness (QED) is 0.449. The molecule has 2 unspecified atom stereocenters. The summed E-state index contributed by atoms with van der Waals surface area (Å²) in [6.07, 6.45) is 12.6. The zero-order valence-corrected chi connectivity index (χ0v) is 17.5. The normalized spacial score (nSPS) is 25.0. The summed E-state index contributed by atoms with van der Waals surface area (Å²) in [5.41, 5.74) is 7.92. The fourth-order valence-electron chi connectivity index (χ4n) is 4.30. The van der Waals surface area contributed by atoms with Gasteiger partial charge in [-0.2, -0.15) is 0 Å². The van der Waals surface area contributed by atoms with E-state index in [2.05, 4.69) is 78.9 Å². The van der Waals surface area contributed by atoms with Crippen molar-refractivity contribution in [3.05, 3.63) is 46.6 Å². The molecule has 0 aromatic rings. The van der Waals surface area contributed by atoms with Crippen LogP contribution < -0.4 is 0 Å². The average Bonchev–Trinajstić information content (AvgIpc) is 3.11. The van der Waals surface area contributed by atoms with Crippen molar-refractivity contribution in [3.8, 4) is 0 Å². The maximum Gasteiger partial charge on any atom is 0.0706 e. The van der Waals surface area contributed by atoms with Gasteiger partial charge in [-0.3, -0.25) is 0 Å². The third-order valence-electron chi connectivity index (χ3n) is 5.94. The molecule has 0 N–H and O–H groups in total. The van der Waals surface area contributed by atoms with Gasteiger partial charge in [-0.15, -0.1) is 0 Å². The molecule has 0 saturated heterocycles. The molecule has 0 amide bonds. The first-order valence-corrected chi connectivity index (χ1v) is 12.7. The van der Waals surface area contributed by atoms with Gasteiger partial charge in [0, 0.05) is 0 Å². The van der Waals surface area contributed by atoms with E-state index in [0.717, 1.165) is 0 Å². The lowest BCUT2D eigenvalue weighted by molar-refractivity contribution is 0.725. The van der Waals surface area contributed by atoms with Crippen LogP contribution in [0.1, 0.15) is 54.4 Å². The Morgan fingerprint density at radius 3 is 1.39 bits per heavy atom. The first kappa shape index (κ1) is 18.5. The summed E-state index contributed by atoms with van der Waals surface area (Å²) < 4.78 is 0. The van der Waals surface area contributed by atoms with E-state index in [1.165, 1.54) is 12.8 Å². The first-order valence-electron chi connectivity index (χ1n) is 9.56. The van der Waals surface area contributed by atoms with Crippen molar-refractivity contribution in [1.29, 1.82) is 0 Å². The van der Waals surface area contributed by atoms with Gasteiger partial charge in [0.1, 0.15) is 0 Å². The number of rotatable bonds is 6. The van der Waals surface area contributed by atoms with Gasteiger partial charge in [-0.25, -0.2) is 0 Å². The van der Waals surface area contributed by atoms with Crippen LogP contribution in [0.2, 0.25) is 24.2 Å². The van der Waals surface area contributed by atoms with Gasteiger partial charge >= 0.3 is 0 Å². The molecule has 0 bridgehead atoms. The van der Waals surface area contributed by atoms with Crippen molar-refractivity contribution in [1.82, 2.24) is 0 Å². The summed E-state index contributed by atoms with van der Waals surface area (Å²) >= 11 is 0. The number of hydrogen-bond acceptors (Lipinski definition) is 0. The second-order valence-corrected chi connectivity index (χ2v) is 13.5. The zero-order valence-electron chi connectivity index (χ0n) is 16.5. The lowest BCUT2D eigenvalue weighted by Gasteiger charge is -2.39. The minimum atomic E-state index is -1.49. The summed E-state index contributed by atoms with van der Waals surface area (Å²) in [7, 11) is -1.49. The third-order valence-corrected chi connectivity index (χ3v) is 10.1. The predicted octanol–water partition coefficient (Wildman–Crippen LogP) is 7.30. The van der Waals surface area contributed by atoms with Crippen LogP contribution in [0.15, 0.2) is 46.6 Å². The van der Waals surface area contributed by atoms with E-state index in [1.54, 1.807) is 22.3 Å². The Morgan fingerprint density at radius 2 is 1.13 bits per heavy atom. The molecule has 0 fully saturated rings. The minimum absolute atomic E-state index is 0.662. The molecular weight excluding hydrogens is 292 g/mol. The van der Waals surface area contributed by atoms with Crippen molar-refractivity contribution < 1.29 is 0 Å². The van der Waals surface area contributed by atoms with E-state index in [9.17, 15) is 0 Å². The maximum absolute atomic E-state index is 2.62. The van der Waals surface area contributed by atoms with Crippen molar-refractivity contribution in [2.24, 2.45) is 11.8 Å². The van der Waals surface area contributed by atoms with E-state index in [0.29, 0.717) is 22.9 Å². The van der Waals surface area contributed by atoms with E-state index in [-0.39, 0.29) is 0 Å². The van der Waals surface area contributed by atoms with Gasteiger partial charge in [0.2, 0.25) is 0 Å². The Balaban J connectivity index is 2.41. The van der Waals surface area contributed by atoms with Crippen LogP contribution in [0.25, 0.3) is 0 Å². The Hall–Kier alpha value is -0.823. The Bertz CT molecular complexity index is 517. The van der Waals surface area contributed by atoms with Crippen LogP contribution >= 0.6 is 0 Å². The largest absolute Gasteiger partial charge is 0.0768 e. The standard InChI is InChI=1S/C22H36Si/c1-9-17-11-19(15(3)4)21(13-17)23(7,8)22-14-18(10-2)12-20(22)16(5)6/h11-16,21-22H,9-10H2,1-8H3. The number of allylic oxidation sites excluding steroid dienone is 8. The van der Waals surface area contributed by atoms with Crippen LogP contribution in [-0.2, 0) is 0 Å². The molecule has 0 heterocycles. The molecule has 1 heteroatoms.